The van der Waals surface area contributed by atoms with Gasteiger partial charge in [0.2, 0.25) is 0 Å². The van der Waals surface area contributed by atoms with Crippen molar-refractivity contribution in [1.29, 1.82) is 0 Å². The Hall–Kier alpha value is -1.52. The van der Waals surface area contributed by atoms with Crippen molar-refractivity contribution in [2.24, 2.45) is 18.0 Å². The summed E-state index contributed by atoms with van der Waals surface area (Å²) in [6.07, 6.45) is 8.68. The van der Waals surface area contributed by atoms with E-state index >= 15 is 0 Å². The zero-order chi connectivity index (χ0) is 14.8. The van der Waals surface area contributed by atoms with E-state index in [1.54, 1.807) is 0 Å². The molecule has 0 spiro atoms. The summed E-state index contributed by atoms with van der Waals surface area (Å²) in [6.45, 7) is 6.40. The molecule has 0 amide bonds. The lowest BCUT2D eigenvalue weighted by atomic mass is 10.1. The largest absolute Gasteiger partial charge is 0.356 e. The van der Waals surface area contributed by atoms with Gasteiger partial charge >= 0.3 is 0 Å². The van der Waals surface area contributed by atoms with Gasteiger partial charge in [0, 0.05) is 33.4 Å². The molecule has 0 fully saturated rings. The zero-order valence-corrected chi connectivity index (χ0v) is 13.3. The number of guanidine groups is 1. The molecular formula is C15H29N5. The van der Waals surface area contributed by atoms with Gasteiger partial charge < -0.3 is 10.6 Å². The third kappa shape index (κ3) is 7.16. The van der Waals surface area contributed by atoms with Gasteiger partial charge in [-0.3, -0.25) is 9.67 Å². The molecule has 1 aromatic rings. The fourth-order valence-corrected chi connectivity index (χ4v) is 2.03. The Labute approximate surface area is 122 Å². The van der Waals surface area contributed by atoms with Gasteiger partial charge in [0.25, 0.3) is 0 Å². The van der Waals surface area contributed by atoms with Gasteiger partial charge in [-0.1, -0.05) is 26.7 Å². The van der Waals surface area contributed by atoms with E-state index in [0.29, 0.717) is 0 Å². The van der Waals surface area contributed by atoms with Crippen molar-refractivity contribution in [3.05, 3.63) is 18.0 Å². The highest BCUT2D eigenvalue weighted by Crippen LogP contribution is 2.04. The van der Waals surface area contributed by atoms with Crippen molar-refractivity contribution in [3.63, 3.8) is 0 Å². The lowest BCUT2D eigenvalue weighted by Crippen LogP contribution is -2.38. The Balaban J connectivity index is 2.10. The second-order valence-electron chi connectivity index (χ2n) is 5.59. The third-order valence-corrected chi connectivity index (χ3v) is 3.19. The molecule has 0 bridgehead atoms. The number of nitrogens with zero attached hydrogens (tertiary/aromatic N) is 3. The summed E-state index contributed by atoms with van der Waals surface area (Å²) in [5, 5.41) is 10.8. The number of rotatable bonds is 8. The molecule has 0 atom stereocenters. The summed E-state index contributed by atoms with van der Waals surface area (Å²) >= 11 is 0. The molecule has 0 aromatic carbocycles. The third-order valence-electron chi connectivity index (χ3n) is 3.19. The topological polar surface area (TPSA) is 54.2 Å². The lowest BCUT2D eigenvalue weighted by molar-refractivity contribution is 0.534. The molecule has 5 nitrogen and oxygen atoms in total. The quantitative estimate of drug-likeness (QED) is 0.434. The first-order valence-corrected chi connectivity index (χ1v) is 7.54. The van der Waals surface area contributed by atoms with Crippen LogP contribution in [0.1, 0.15) is 38.7 Å². The molecule has 20 heavy (non-hydrogen) atoms. The van der Waals surface area contributed by atoms with E-state index < -0.39 is 0 Å². The summed E-state index contributed by atoms with van der Waals surface area (Å²) < 4.78 is 1.83. The predicted octanol–water partition coefficient (Wildman–Crippen LogP) is 1.95. The maximum atomic E-state index is 4.23. The molecular weight excluding hydrogens is 250 g/mol. The number of aliphatic imine (C=N–C) groups is 1. The average molecular weight is 279 g/mol. The van der Waals surface area contributed by atoms with Crippen LogP contribution in [0.15, 0.2) is 17.4 Å². The molecule has 0 unspecified atom stereocenters. The Morgan fingerprint density at radius 1 is 1.30 bits per heavy atom. The number of hydrogen-bond acceptors (Lipinski definition) is 2. The van der Waals surface area contributed by atoms with Crippen LogP contribution in [0, 0.1) is 5.92 Å². The molecule has 0 saturated carbocycles. The normalized spacial score (nSPS) is 11.9. The lowest BCUT2D eigenvalue weighted by Gasteiger charge is -2.11. The molecule has 2 N–H and O–H groups in total. The summed E-state index contributed by atoms with van der Waals surface area (Å²) in [4.78, 5) is 4.23. The summed E-state index contributed by atoms with van der Waals surface area (Å²) in [6, 6.07) is 0. The molecule has 1 rings (SSSR count). The van der Waals surface area contributed by atoms with Gasteiger partial charge in [-0.25, -0.2) is 0 Å². The SMILES string of the molecule is CN=C(NCCCCC(C)C)NCCc1cnn(C)c1. The van der Waals surface area contributed by atoms with Crippen LogP contribution in [0.4, 0.5) is 0 Å². The summed E-state index contributed by atoms with van der Waals surface area (Å²) in [7, 11) is 3.75. The van der Waals surface area contributed by atoms with Gasteiger partial charge in [-0.05, 0) is 24.3 Å². The standard InChI is InChI=1S/C15H29N5/c1-13(2)7-5-6-9-17-15(16-3)18-10-8-14-11-19-20(4)12-14/h11-13H,5-10H2,1-4H3,(H2,16,17,18). The minimum Gasteiger partial charge on any atom is -0.356 e. The molecule has 5 heteroatoms. The minimum atomic E-state index is 0.798. The Morgan fingerprint density at radius 2 is 2.05 bits per heavy atom. The van der Waals surface area contributed by atoms with Crippen molar-refractivity contribution in [2.45, 2.75) is 39.5 Å². The molecule has 0 saturated heterocycles. The first-order valence-electron chi connectivity index (χ1n) is 7.54. The Bertz CT molecular complexity index is 395. The summed E-state index contributed by atoms with van der Waals surface area (Å²) in [5.74, 6) is 1.69. The minimum absolute atomic E-state index is 0.798. The van der Waals surface area contributed by atoms with Crippen LogP contribution >= 0.6 is 0 Å². The fourth-order valence-electron chi connectivity index (χ4n) is 2.03. The van der Waals surface area contributed by atoms with Crippen LogP contribution in [0.5, 0.6) is 0 Å². The van der Waals surface area contributed by atoms with E-state index in [0.717, 1.165) is 31.4 Å². The maximum Gasteiger partial charge on any atom is 0.190 e. The highest BCUT2D eigenvalue weighted by Gasteiger charge is 1.99. The highest BCUT2D eigenvalue weighted by atomic mass is 15.2. The molecule has 0 aliphatic heterocycles. The van der Waals surface area contributed by atoms with Gasteiger partial charge in [-0.2, -0.15) is 5.10 Å². The van der Waals surface area contributed by atoms with Gasteiger partial charge in [-0.15, -0.1) is 0 Å². The van der Waals surface area contributed by atoms with Crippen LogP contribution in [-0.2, 0) is 13.5 Å². The smallest absolute Gasteiger partial charge is 0.190 e. The molecule has 0 aliphatic carbocycles. The maximum absolute atomic E-state index is 4.23. The zero-order valence-electron chi connectivity index (χ0n) is 13.3. The van der Waals surface area contributed by atoms with Crippen molar-refractivity contribution in [1.82, 2.24) is 20.4 Å². The van der Waals surface area contributed by atoms with E-state index in [2.05, 4.69) is 34.6 Å². The number of hydrogen-bond donors (Lipinski definition) is 2. The Morgan fingerprint density at radius 3 is 2.65 bits per heavy atom. The van der Waals surface area contributed by atoms with Gasteiger partial charge in [0.1, 0.15) is 0 Å². The molecule has 1 heterocycles. The van der Waals surface area contributed by atoms with E-state index in [4.69, 9.17) is 0 Å². The number of unbranched alkanes of at least 4 members (excludes halogenated alkanes) is 1. The number of nitrogens with one attached hydrogen (secondary N) is 2. The van der Waals surface area contributed by atoms with E-state index in [1.165, 1.54) is 24.8 Å². The second-order valence-corrected chi connectivity index (χ2v) is 5.59. The molecule has 1 aromatic heterocycles. The van der Waals surface area contributed by atoms with Crippen LogP contribution in [0.2, 0.25) is 0 Å². The molecule has 0 aliphatic rings. The fraction of sp³-hybridized carbons (Fsp3) is 0.733. The molecule has 114 valence electrons. The second kappa shape index (κ2) is 9.39. The molecule has 0 radical (unpaired) electrons. The van der Waals surface area contributed by atoms with Crippen molar-refractivity contribution in [3.8, 4) is 0 Å². The average Bonchev–Trinajstić information content (AvgIpc) is 2.81. The van der Waals surface area contributed by atoms with Gasteiger partial charge in [0.05, 0.1) is 6.20 Å². The predicted molar refractivity (Wildman–Crippen MR) is 85.0 cm³/mol. The van der Waals surface area contributed by atoms with Crippen LogP contribution < -0.4 is 10.6 Å². The summed E-state index contributed by atoms with van der Waals surface area (Å²) in [5.41, 5.74) is 1.24. The van der Waals surface area contributed by atoms with E-state index in [9.17, 15) is 0 Å². The first kappa shape index (κ1) is 16.5. The monoisotopic (exact) mass is 279 g/mol. The van der Waals surface area contributed by atoms with Crippen molar-refractivity contribution < 1.29 is 0 Å². The van der Waals surface area contributed by atoms with E-state index in [1.807, 2.05) is 31.2 Å². The van der Waals surface area contributed by atoms with Crippen LogP contribution in [0.25, 0.3) is 0 Å². The van der Waals surface area contributed by atoms with E-state index in [-0.39, 0.29) is 0 Å². The number of aryl methyl sites for hydroxylation is 1. The Kier molecular flexibility index (Phi) is 7.77. The highest BCUT2D eigenvalue weighted by molar-refractivity contribution is 5.79. The van der Waals surface area contributed by atoms with Crippen molar-refractivity contribution in [2.75, 3.05) is 20.1 Å². The van der Waals surface area contributed by atoms with Crippen LogP contribution in [-0.4, -0.2) is 35.9 Å². The number of aromatic nitrogens is 2. The van der Waals surface area contributed by atoms with Gasteiger partial charge in [0.15, 0.2) is 5.96 Å². The first-order chi connectivity index (χ1) is 9.61. The van der Waals surface area contributed by atoms with Crippen molar-refractivity contribution >= 4 is 5.96 Å². The van der Waals surface area contributed by atoms with Crippen LogP contribution in [0.3, 0.4) is 0 Å².